The summed E-state index contributed by atoms with van der Waals surface area (Å²) in [5, 5.41) is 8.40. The van der Waals surface area contributed by atoms with E-state index in [1.807, 2.05) is 48.4 Å². The van der Waals surface area contributed by atoms with E-state index in [0.29, 0.717) is 30.5 Å². The second-order valence-electron chi connectivity index (χ2n) is 6.27. The number of rotatable bonds is 7. The van der Waals surface area contributed by atoms with Gasteiger partial charge in [0.15, 0.2) is 0 Å². The Labute approximate surface area is 161 Å². The highest BCUT2D eigenvalue weighted by Gasteiger charge is 2.13. The van der Waals surface area contributed by atoms with E-state index in [-0.39, 0.29) is 0 Å². The molecule has 0 aliphatic carbocycles. The predicted molar refractivity (Wildman–Crippen MR) is 101 cm³/mol. The molecule has 0 radical (unpaired) electrons. The normalized spacial score (nSPS) is 11.1. The summed E-state index contributed by atoms with van der Waals surface area (Å²) in [5.41, 5.74) is 2.59. The van der Waals surface area contributed by atoms with Crippen LogP contribution in [0.3, 0.4) is 0 Å². The van der Waals surface area contributed by atoms with Gasteiger partial charge < -0.3 is 9.26 Å². The molecule has 0 unspecified atom stereocenters. The highest BCUT2D eigenvalue weighted by Crippen LogP contribution is 2.17. The van der Waals surface area contributed by atoms with Gasteiger partial charge in [0.2, 0.25) is 11.7 Å². The molecule has 0 spiro atoms. The van der Waals surface area contributed by atoms with E-state index in [2.05, 4.69) is 30.1 Å². The van der Waals surface area contributed by atoms with Crippen LogP contribution in [0, 0.1) is 0 Å². The molecule has 4 rings (SSSR count). The maximum Gasteiger partial charge on any atom is 0.241 e. The van der Waals surface area contributed by atoms with E-state index in [0.717, 1.165) is 17.0 Å². The van der Waals surface area contributed by atoms with Crippen molar-refractivity contribution in [3.63, 3.8) is 0 Å². The van der Waals surface area contributed by atoms with Crippen LogP contribution in [0.25, 0.3) is 17.2 Å². The molecular formula is C19H19N7O2. The van der Waals surface area contributed by atoms with Gasteiger partial charge >= 0.3 is 0 Å². The van der Waals surface area contributed by atoms with Gasteiger partial charge in [-0.05, 0) is 19.2 Å². The van der Waals surface area contributed by atoms with Crippen LogP contribution >= 0.6 is 0 Å². The third kappa shape index (κ3) is 4.04. The molecule has 9 heteroatoms. The summed E-state index contributed by atoms with van der Waals surface area (Å²) >= 11 is 0. The van der Waals surface area contributed by atoms with Crippen molar-refractivity contribution in [3.05, 3.63) is 66.7 Å². The highest BCUT2D eigenvalue weighted by molar-refractivity contribution is 5.45. The third-order valence-corrected chi connectivity index (χ3v) is 4.07. The first-order chi connectivity index (χ1) is 13.7. The van der Waals surface area contributed by atoms with Crippen LogP contribution < -0.4 is 4.74 Å². The molecule has 28 heavy (non-hydrogen) atoms. The van der Waals surface area contributed by atoms with Crippen molar-refractivity contribution in [2.45, 2.75) is 13.1 Å². The fourth-order valence-corrected chi connectivity index (χ4v) is 2.77. The van der Waals surface area contributed by atoms with Gasteiger partial charge in [0, 0.05) is 36.8 Å². The Morgan fingerprint density at radius 3 is 2.93 bits per heavy atom. The van der Waals surface area contributed by atoms with Gasteiger partial charge in [-0.2, -0.15) is 10.1 Å². The van der Waals surface area contributed by atoms with Gasteiger partial charge in [-0.25, -0.2) is 9.67 Å². The van der Waals surface area contributed by atoms with E-state index < -0.39 is 0 Å². The van der Waals surface area contributed by atoms with Crippen molar-refractivity contribution in [2.75, 3.05) is 14.2 Å². The number of benzene rings is 1. The third-order valence-electron chi connectivity index (χ3n) is 4.07. The lowest BCUT2D eigenvalue weighted by atomic mass is 10.3. The number of hydrogen-bond acceptors (Lipinski definition) is 8. The minimum absolute atomic E-state index is 0.433. The molecule has 4 aromatic rings. The zero-order valence-electron chi connectivity index (χ0n) is 15.6. The Kier molecular flexibility index (Phi) is 5.07. The fraction of sp³-hybridized carbons (Fsp3) is 0.211. The largest absolute Gasteiger partial charge is 0.497 e. The molecule has 0 saturated carbocycles. The molecule has 142 valence electrons. The van der Waals surface area contributed by atoms with Gasteiger partial charge in [-0.3, -0.25) is 9.88 Å². The first kappa shape index (κ1) is 17.8. The van der Waals surface area contributed by atoms with Crippen LogP contribution in [0.2, 0.25) is 0 Å². The maximum atomic E-state index is 5.32. The van der Waals surface area contributed by atoms with E-state index in [1.165, 1.54) is 0 Å². The molecule has 0 atom stereocenters. The van der Waals surface area contributed by atoms with E-state index in [4.69, 9.17) is 9.26 Å². The quantitative estimate of drug-likeness (QED) is 0.484. The lowest BCUT2D eigenvalue weighted by Gasteiger charge is -2.12. The molecule has 9 nitrogen and oxygen atoms in total. The summed E-state index contributed by atoms with van der Waals surface area (Å²) in [6.45, 7) is 1.20. The Balaban J connectivity index is 1.40. The molecule has 0 aliphatic rings. The molecule has 0 N–H and O–H groups in total. The molecule has 3 aromatic heterocycles. The number of aromatic nitrogens is 6. The summed E-state index contributed by atoms with van der Waals surface area (Å²) in [5.74, 6) is 1.74. The predicted octanol–water partition coefficient (Wildman–Crippen LogP) is 2.35. The zero-order valence-corrected chi connectivity index (χ0v) is 15.6. The minimum atomic E-state index is 0.433. The summed E-state index contributed by atoms with van der Waals surface area (Å²) in [6.07, 6.45) is 8.63. The van der Waals surface area contributed by atoms with Crippen LogP contribution in [0.1, 0.15) is 11.5 Å². The molecule has 0 bridgehead atoms. The molecule has 1 aromatic carbocycles. The number of nitrogens with zero attached hydrogens (tertiary/aromatic N) is 7. The smallest absolute Gasteiger partial charge is 0.241 e. The van der Waals surface area contributed by atoms with Gasteiger partial charge in [-0.15, -0.1) is 0 Å². The first-order valence-electron chi connectivity index (χ1n) is 8.67. The Bertz CT molecular complexity index is 1050. The fourth-order valence-electron chi connectivity index (χ4n) is 2.77. The van der Waals surface area contributed by atoms with E-state index in [1.54, 1.807) is 25.7 Å². The molecule has 0 saturated heterocycles. The maximum absolute atomic E-state index is 5.32. The van der Waals surface area contributed by atoms with Crippen LogP contribution in [-0.4, -0.2) is 48.9 Å². The molecule has 0 amide bonds. The Morgan fingerprint density at radius 2 is 2.11 bits per heavy atom. The monoisotopic (exact) mass is 377 g/mol. The van der Waals surface area contributed by atoms with Crippen molar-refractivity contribution >= 4 is 0 Å². The second-order valence-corrected chi connectivity index (χ2v) is 6.27. The van der Waals surface area contributed by atoms with E-state index >= 15 is 0 Å². The number of ether oxygens (including phenoxy) is 1. The van der Waals surface area contributed by atoms with Crippen molar-refractivity contribution in [2.24, 2.45) is 0 Å². The van der Waals surface area contributed by atoms with Crippen LogP contribution in [0.4, 0.5) is 0 Å². The minimum Gasteiger partial charge on any atom is -0.497 e. The van der Waals surface area contributed by atoms with Crippen LogP contribution in [0.5, 0.6) is 5.75 Å². The Morgan fingerprint density at radius 1 is 1.18 bits per heavy atom. The molecule has 0 fully saturated rings. The average Bonchev–Trinajstić information content (AvgIpc) is 3.38. The summed E-state index contributed by atoms with van der Waals surface area (Å²) in [6, 6.07) is 7.76. The van der Waals surface area contributed by atoms with E-state index in [9.17, 15) is 0 Å². The Hall–Kier alpha value is -3.59. The van der Waals surface area contributed by atoms with Crippen LogP contribution in [-0.2, 0) is 13.1 Å². The van der Waals surface area contributed by atoms with Crippen molar-refractivity contribution < 1.29 is 9.26 Å². The van der Waals surface area contributed by atoms with Gasteiger partial charge in [0.1, 0.15) is 11.4 Å². The standard InChI is InChI=1S/C19H19N7O2/c1-25(13-18-23-19(24-28-18)17-10-20-6-7-21-17)11-14-9-22-26(12-14)15-4-3-5-16(8-15)27-2/h3-10,12H,11,13H2,1-2H3. The SMILES string of the molecule is COc1cccc(-n2cc(CN(C)Cc3nc(-c4cnccn4)no3)cn2)c1. The number of methoxy groups -OCH3 is 1. The zero-order chi connectivity index (χ0) is 19.3. The summed E-state index contributed by atoms with van der Waals surface area (Å²) in [4.78, 5) is 14.6. The highest BCUT2D eigenvalue weighted by atomic mass is 16.5. The van der Waals surface area contributed by atoms with Crippen LogP contribution in [0.15, 0.2) is 59.8 Å². The summed E-state index contributed by atoms with van der Waals surface area (Å²) < 4.78 is 12.4. The van der Waals surface area contributed by atoms with Crippen molar-refractivity contribution in [1.29, 1.82) is 0 Å². The lowest BCUT2D eigenvalue weighted by molar-refractivity contribution is 0.261. The topological polar surface area (TPSA) is 95.0 Å². The first-order valence-corrected chi connectivity index (χ1v) is 8.67. The van der Waals surface area contributed by atoms with Gasteiger partial charge in [0.05, 0.1) is 31.7 Å². The number of hydrogen-bond donors (Lipinski definition) is 0. The second kappa shape index (κ2) is 7.97. The lowest BCUT2D eigenvalue weighted by Crippen LogP contribution is -2.17. The van der Waals surface area contributed by atoms with Gasteiger partial charge in [0.25, 0.3) is 0 Å². The van der Waals surface area contributed by atoms with Crippen molar-refractivity contribution in [3.8, 4) is 23.0 Å². The molecular weight excluding hydrogens is 358 g/mol. The average molecular weight is 377 g/mol. The molecule has 3 heterocycles. The molecule has 0 aliphatic heterocycles. The van der Waals surface area contributed by atoms with Crippen molar-refractivity contribution in [1.82, 2.24) is 34.8 Å². The van der Waals surface area contributed by atoms with Gasteiger partial charge in [-0.1, -0.05) is 11.2 Å². The summed E-state index contributed by atoms with van der Waals surface area (Å²) in [7, 11) is 3.63.